The van der Waals surface area contributed by atoms with Gasteiger partial charge in [0.15, 0.2) is 0 Å². The molecule has 3 aromatic rings. The van der Waals surface area contributed by atoms with Crippen LogP contribution in [0.15, 0.2) is 87.6 Å². The average Bonchev–Trinajstić information content (AvgIpc) is 2.74. The van der Waals surface area contributed by atoms with Crippen LogP contribution >= 0.6 is 0 Å². The maximum absolute atomic E-state index is 12.5. The summed E-state index contributed by atoms with van der Waals surface area (Å²) in [6.07, 6.45) is 0.309. The minimum absolute atomic E-state index is 0.000589. The highest BCUT2D eigenvalue weighted by Crippen LogP contribution is 2.18. The van der Waals surface area contributed by atoms with Crippen molar-refractivity contribution >= 4 is 32.4 Å². The highest BCUT2D eigenvalue weighted by atomic mass is 32.2. The van der Waals surface area contributed by atoms with Gasteiger partial charge in [-0.05, 0) is 48.4 Å². The van der Waals surface area contributed by atoms with Crippen LogP contribution in [0, 0.1) is 6.92 Å². The molecule has 0 aliphatic heterocycles. The Morgan fingerprint density at radius 1 is 0.970 bits per heavy atom. The van der Waals surface area contributed by atoms with Gasteiger partial charge in [-0.15, -0.1) is 0 Å². The topological polar surface area (TPSA) is 145 Å². The number of carbonyl (C=O) groups is 1. The molecule has 0 aromatic heterocycles. The van der Waals surface area contributed by atoms with E-state index in [-0.39, 0.29) is 22.1 Å². The number of nitrogens with zero attached hydrogens (tertiary/aromatic N) is 1. The maximum Gasteiger partial charge on any atom is 0.426 e. The van der Waals surface area contributed by atoms with Crippen LogP contribution in [-0.2, 0) is 26.6 Å². The van der Waals surface area contributed by atoms with Gasteiger partial charge < -0.3 is 4.74 Å². The molecule has 0 radical (unpaired) electrons. The van der Waals surface area contributed by atoms with Gasteiger partial charge in [0.2, 0.25) is 10.0 Å². The summed E-state index contributed by atoms with van der Waals surface area (Å²) >= 11 is 0. The normalized spacial score (nSPS) is 11.9. The Bertz CT molecular complexity index is 1400. The molecule has 0 bridgehead atoms. The number of para-hydroxylation sites is 1. The summed E-state index contributed by atoms with van der Waals surface area (Å²) in [6, 6.07) is 18.7. The number of rotatable bonds is 7. The van der Waals surface area contributed by atoms with E-state index < -0.39 is 26.1 Å². The lowest BCUT2D eigenvalue weighted by Gasteiger charge is -2.10. The third-order valence-corrected chi connectivity index (χ3v) is 6.88. The number of carbonyl (C=O) groups excluding carboxylic acids is 1. The summed E-state index contributed by atoms with van der Waals surface area (Å²) in [5, 5.41) is 5.08. The molecule has 172 valence electrons. The fraction of sp³-hybridized carbons (Fsp3) is 0.0909. The van der Waals surface area contributed by atoms with E-state index in [2.05, 4.69) is 4.99 Å². The fourth-order valence-electron chi connectivity index (χ4n) is 2.86. The first-order valence-corrected chi connectivity index (χ1v) is 12.6. The maximum atomic E-state index is 12.5. The van der Waals surface area contributed by atoms with E-state index in [0.717, 1.165) is 5.56 Å². The molecule has 9 nitrogen and oxygen atoms in total. The van der Waals surface area contributed by atoms with Crippen molar-refractivity contribution in [1.29, 1.82) is 0 Å². The number of nitrogens with two attached hydrogens (primary N) is 1. The van der Waals surface area contributed by atoms with E-state index in [1.54, 1.807) is 55.5 Å². The zero-order valence-electron chi connectivity index (χ0n) is 17.5. The standard InChI is InChI=1S/C22H21N3O6S2/c1-16-6-2-5-9-21(16)33(29,30)25-22(26)31-20-8-4-3-7-18(20)15-24-14-17-10-12-19(13-11-17)32(23,27)28/h2-13,15H,14H2,1H3,(H,25,26)(H2,23,27,28). The van der Waals surface area contributed by atoms with E-state index in [0.29, 0.717) is 11.1 Å². The van der Waals surface area contributed by atoms with Crippen LogP contribution in [0.5, 0.6) is 5.75 Å². The van der Waals surface area contributed by atoms with Gasteiger partial charge in [-0.3, -0.25) is 4.99 Å². The molecule has 11 heteroatoms. The van der Waals surface area contributed by atoms with Crippen molar-refractivity contribution in [3.63, 3.8) is 0 Å². The number of sulfonamides is 2. The molecule has 3 N–H and O–H groups in total. The molecule has 0 saturated heterocycles. The van der Waals surface area contributed by atoms with Crippen molar-refractivity contribution in [3.05, 3.63) is 89.5 Å². The summed E-state index contributed by atoms with van der Waals surface area (Å²) < 4.78 is 54.7. The number of aryl methyl sites for hydroxylation is 1. The Morgan fingerprint density at radius 3 is 2.27 bits per heavy atom. The Balaban J connectivity index is 1.69. The number of hydrogen-bond donors (Lipinski definition) is 2. The molecule has 0 spiro atoms. The highest BCUT2D eigenvalue weighted by Gasteiger charge is 2.21. The summed E-state index contributed by atoms with van der Waals surface area (Å²) in [6.45, 7) is 1.85. The lowest BCUT2D eigenvalue weighted by molar-refractivity contribution is 0.206. The number of hydrogen-bond acceptors (Lipinski definition) is 7. The van der Waals surface area contributed by atoms with Crippen molar-refractivity contribution in [2.75, 3.05) is 0 Å². The summed E-state index contributed by atoms with van der Waals surface area (Å²) in [5.41, 5.74) is 1.67. The van der Waals surface area contributed by atoms with Crippen molar-refractivity contribution < 1.29 is 26.4 Å². The SMILES string of the molecule is Cc1ccccc1S(=O)(=O)NC(=O)Oc1ccccc1C=NCc1ccc(S(N)(=O)=O)cc1. The van der Waals surface area contributed by atoms with Gasteiger partial charge >= 0.3 is 6.09 Å². The smallest absolute Gasteiger partial charge is 0.409 e. The summed E-state index contributed by atoms with van der Waals surface area (Å²) in [4.78, 5) is 16.5. The van der Waals surface area contributed by atoms with Crippen LogP contribution in [0.3, 0.4) is 0 Å². The Labute approximate surface area is 192 Å². The van der Waals surface area contributed by atoms with Crippen molar-refractivity contribution in [2.45, 2.75) is 23.3 Å². The third kappa shape index (κ3) is 6.48. The van der Waals surface area contributed by atoms with E-state index in [1.165, 1.54) is 30.5 Å². The van der Waals surface area contributed by atoms with Crippen molar-refractivity contribution in [1.82, 2.24) is 4.72 Å². The zero-order valence-corrected chi connectivity index (χ0v) is 19.1. The Hall–Kier alpha value is -3.54. The van der Waals surface area contributed by atoms with Crippen LogP contribution in [0.2, 0.25) is 0 Å². The predicted molar refractivity (Wildman–Crippen MR) is 123 cm³/mol. The van der Waals surface area contributed by atoms with Crippen LogP contribution < -0.4 is 14.6 Å². The molecule has 0 aliphatic carbocycles. The van der Waals surface area contributed by atoms with Gasteiger partial charge in [0.25, 0.3) is 10.0 Å². The number of amides is 1. The fourth-order valence-corrected chi connectivity index (χ4v) is 4.49. The number of nitrogens with one attached hydrogen (secondary N) is 1. The van der Waals surface area contributed by atoms with Gasteiger partial charge in [-0.1, -0.05) is 42.5 Å². The monoisotopic (exact) mass is 487 g/mol. The zero-order chi connectivity index (χ0) is 24.1. The van der Waals surface area contributed by atoms with E-state index >= 15 is 0 Å². The lowest BCUT2D eigenvalue weighted by atomic mass is 10.2. The van der Waals surface area contributed by atoms with Gasteiger partial charge in [0.1, 0.15) is 5.75 Å². The Morgan fingerprint density at radius 2 is 1.61 bits per heavy atom. The minimum atomic E-state index is -4.10. The van der Waals surface area contributed by atoms with Gasteiger partial charge in [-0.2, -0.15) is 0 Å². The first-order chi connectivity index (χ1) is 15.6. The second-order valence-corrected chi connectivity index (χ2v) is 10.2. The first-order valence-electron chi connectivity index (χ1n) is 9.57. The summed E-state index contributed by atoms with van der Waals surface area (Å²) in [5.74, 6) is 0.114. The molecule has 3 rings (SSSR count). The molecule has 0 atom stereocenters. The van der Waals surface area contributed by atoms with Gasteiger partial charge in [0.05, 0.1) is 16.3 Å². The van der Waals surface area contributed by atoms with E-state index in [9.17, 15) is 21.6 Å². The molecule has 0 heterocycles. The average molecular weight is 488 g/mol. The largest absolute Gasteiger partial charge is 0.426 e. The van der Waals surface area contributed by atoms with Crippen LogP contribution in [-0.4, -0.2) is 29.1 Å². The molecule has 0 fully saturated rings. The van der Waals surface area contributed by atoms with Crippen molar-refractivity contribution in [2.24, 2.45) is 10.1 Å². The number of primary sulfonamides is 1. The first kappa shape index (κ1) is 24.1. The second kappa shape index (κ2) is 9.94. The van der Waals surface area contributed by atoms with Crippen LogP contribution in [0.1, 0.15) is 16.7 Å². The Kier molecular flexibility index (Phi) is 7.26. The summed E-state index contributed by atoms with van der Waals surface area (Å²) in [7, 11) is -7.87. The highest BCUT2D eigenvalue weighted by molar-refractivity contribution is 7.90. The van der Waals surface area contributed by atoms with Gasteiger partial charge in [0, 0.05) is 11.8 Å². The third-order valence-electron chi connectivity index (χ3n) is 4.48. The number of ether oxygens (including phenoxy) is 1. The molecule has 0 saturated carbocycles. The molecule has 3 aromatic carbocycles. The van der Waals surface area contributed by atoms with Gasteiger partial charge in [-0.25, -0.2) is 31.5 Å². The molecule has 0 unspecified atom stereocenters. The number of aliphatic imine (C=N–C) groups is 1. The lowest BCUT2D eigenvalue weighted by Crippen LogP contribution is -2.33. The molecule has 1 amide bonds. The van der Waals surface area contributed by atoms with Crippen molar-refractivity contribution in [3.8, 4) is 5.75 Å². The van der Waals surface area contributed by atoms with Crippen LogP contribution in [0.25, 0.3) is 0 Å². The molecule has 33 heavy (non-hydrogen) atoms. The number of benzene rings is 3. The molecular formula is C22H21N3O6S2. The predicted octanol–water partition coefficient (Wildman–Crippen LogP) is 2.74. The van der Waals surface area contributed by atoms with E-state index in [1.807, 2.05) is 4.72 Å². The second-order valence-electron chi connectivity index (χ2n) is 6.96. The van der Waals surface area contributed by atoms with Crippen LogP contribution in [0.4, 0.5) is 4.79 Å². The van der Waals surface area contributed by atoms with E-state index in [4.69, 9.17) is 9.88 Å². The molecular weight excluding hydrogens is 466 g/mol. The quantitative estimate of drug-likeness (QED) is 0.490. The minimum Gasteiger partial charge on any atom is -0.409 e. The molecule has 0 aliphatic rings.